The van der Waals surface area contributed by atoms with Crippen LogP contribution < -0.4 is 0 Å². The quantitative estimate of drug-likeness (QED) is 0.792. The first-order chi connectivity index (χ1) is 9.37. The van der Waals surface area contributed by atoms with Crippen LogP contribution >= 0.6 is 11.6 Å². The Balaban J connectivity index is 2.04. The molecule has 108 valence electrons. The smallest absolute Gasteiger partial charge is 0.410 e. The predicted octanol–water partition coefficient (Wildman–Crippen LogP) is 3.76. The lowest BCUT2D eigenvalue weighted by Gasteiger charge is -2.29. The van der Waals surface area contributed by atoms with Crippen molar-refractivity contribution in [2.24, 2.45) is 0 Å². The van der Waals surface area contributed by atoms with Gasteiger partial charge in [-0.05, 0) is 44.9 Å². The zero-order valence-electron chi connectivity index (χ0n) is 12.0. The second-order valence-electron chi connectivity index (χ2n) is 5.74. The van der Waals surface area contributed by atoms with Crippen LogP contribution in [0, 0.1) is 0 Å². The van der Waals surface area contributed by atoms with Crippen molar-refractivity contribution in [2.75, 3.05) is 13.1 Å². The summed E-state index contributed by atoms with van der Waals surface area (Å²) in [7, 11) is 0. The number of ether oxygens (including phenoxy) is 1. The summed E-state index contributed by atoms with van der Waals surface area (Å²) in [4.78, 5) is 17.9. The highest BCUT2D eigenvalue weighted by atomic mass is 35.5. The Labute approximate surface area is 124 Å². The standard InChI is InChI=1S/C15H19ClN2O2/c1-15(2,3)20-14(19)18-9-6-11(7-10-18)13-12(16)5-4-8-17-13/h4-6,8H,7,9-10H2,1-3H3. The molecule has 0 unspecified atom stereocenters. The molecule has 20 heavy (non-hydrogen) atoms. The molecule has 0 fully saturated rings. The van der Waals surface area contributed by atoms with Crippen LogP contribution in [0.1, 0.15) is 32.9 Å². The average Bonchev–Trinajstić information content (AvgIpc) is 2.37. The number of aromatic nitrogens is 1. The highest BCUT2D eigenvalue weighted by molar-refractivity contribution is 6.32. The van der Waals surface area contributed by atoms with E-state index in [1.807, 2.05) is 39.0 Å². The second-order valence-corrected chi connectivity index (χ2v) is 6.15. The Kier molecular flexibility index (Phi) is 4.33. The third kappa shape index (κ3) is 3.73. The second kappa shape index (κ2) is 5.83. The van der Waals surface area contributed by atoms with Gasteiger partial charge in [0.15, 0.2) is 0 Å². The van der Waals surface area contributed by atoms with Gasteiger partial charge in [0.1, 0.15) is 5.60 Å². The van der Waals surface area contributed by atoms with E-state index in [9.17, 15) is 4.79 Å². The first kappa shape index (κ1) is 14.9. The number of nitrogens with zero attached hydrogens (tertiary/aromatic N) is 2. The molecule has 1 amide bonds. The lowest BCUT2D eigenvalue weighted by Crippen LogP contribution is -2.39. The van der Waals surface area contributed by atoms with Crippen LogP contribution in [-0.2, 0) is 4.74 Å². The topological polar surface area (TPSA) is 42.4 Å². The molecule has 0 saturated carbocycles. The third-order valence-electron chi connectivity index (χ3n) is 2.92. The van der Waals surface area contributed by atoms with Gasteiger partial charge < -0.3 is 9.64 Å². The van der Waals surface area contributed by atoms with Crippen molar-refractivity contribution in [1.29, 1.82) is 0 Å². The van der Waals surface area contributed by atoms with E-state index in [-0.39, 0.29) is 6.09 Å². The van der Waals surface area contributed by atoms with Crippen molar-refractivity contribution in [3.8, 4) is 0 Å². The van der Waals surface area contributed by atoms with Gasteiger partial charge in [0, 0.05) is 19.3 Å². The van der Waals surface area contributed by atoms with Gasteiger partial charge >= 0.3 is 6.09 Å². The van der Waals surface area contributed by atoms with Crippen molar-refractivity contribution in [3.05, 3.63) is 35.1 Å². The summed E-state index contributed by atoms with van der Waals surface area (Å²) in [5, 5.41) is 0.643. The first-order valence-electron chi connectivity index (χ1n) is 6.65. The van der Waals surface area contributed by atoms with E-state index in [2.05, 4.69) is 4.98 Å². The molecular formula is C15H19ClN2O2. The Morgan fingerprint density at radius 2 is 2.20 bits per heavy atom. The third-order valence-corrected chi connectivity index (χ3v) is 3.23. The summed E-state index contributed by atoms with van der Waals surface area (Å²) < 4.78 is 5.36. The molecule has 5 heteroatoms. The van der Waals surface area contributed by atoms with Gasteiger partial charge in [-0.3, -0.25) is 4.98 Å². The molecule has 1 aromatic heterocycles. The van der Waals surface area contributed by atoms with E-state index in [0.717, 1.165) is 17.7 Å². The molecule has 0 bridgehead atoms. The Morgan fingerprint density at radius 3 is 2.75 bits per heavy atom. The van der Waals surface area contributed by atoms with Crippen LogP contribution in [-0.4, -0.2) is 34.7 Å². The molecule has 0 spiro atoms. The lowest BCUT2D eigenvalue weighted by atomic mass is 10.0. The molecule has 0 radical (unpaired) electrons. The number of halogens is 1. The molecule has 2 rings (SSSR count). The van der Waals surface area contributed by atoms with Gasteiger partial charge in [0.05, 0.1) is 10.7 Å². The van der Waals surface area contributed by atoms with Crippen LogP contribution in [0.2, 0.25) is 5.02 Å². The van der Waals surface area contributed by atoms with Gasteiger partial charge in [-0.25, -0.2) is 4.79 Å². The first-order valence-corrected chi connectivity index (χ1v) is 7.02. The summed E-state index contributed by atoms with van der Waals surface area (Å²) in [6.07, 6.45) is 4.17. The average molecular weight is 295 g/mol. The van der Waals surface area contributed by atoms with E-state index >= 15 is 0 Å². The van der Waals surface area contributed by atoms with Crippen molar-refractivity contribution < 1.29 is 9.53 Å². The number of amides is 1. The molecule has 0 aliphatic carbocycles. The molecule has 4 nitrogen and oxygen atoms in total. The van der Waals surface area contributed by atoms with Crippen LogP contribution in [0.25, 0.3) is 5.57 Å². The maximum absolute atomic E-state index is 12.0. The van der Waals surface area contributed by atoms with E-state index < -0.39 is 5.60 Å². The summed E-state index contributed by atoms with van der Waals surface area (Å²) in [6.45, 7) is 6.74. The fraction of sp³-hybridized carbons (Fsp3) is 0.467. The predicted molar refractivity (Wildman–Crippen MR) is 79.6 cm³/mol. The normalized spacial score (nSPS) is 15.8. The molecule has 1 aliphatic heterocycles. The largest absolute Gasteiger partial charge is 0.444 e. The van der Waals surface area contributed by atoms with Crippen LogP contribution in [0.4, 0.5) is 4.79 Å². The van der Waals surface area contributed by atoms with Crippen LogP contribution in [0.5, 0.6) is 0 Å². The minimum absolute atomic E-state index is 0.278. The van der Waals surface area contributed by atoms with E-state index in [1.165, 1.54) is 0 Å². The Bertz CT molecular complexity index is 535. The monoisotopic (exact) mass is 294 g/mol. The molecule has 0 aromatic carbocycles. The fourth-order valence-corrected chi connectivity index (χ4v) is 2.24. The van der Waals surface area contributed by atoms with Crippen LogP contribution in [0.15, 0.2) is 24.4 Å². The summed E-state index contributed by atoms with van der Waals surface area (Å²) in [6, 6.07) is 3.63. The van der Waals surface area contributed by atoms with Gasteiger partial charge in [0.25, 0.3) is 0 Å². The van der Waals surface area contributed by atoms with Crippen LogP contribution in [0.3, 0.4) is 0 Å². The molecule has 0 atom stereocenters. The zero-order chi connectivity index (χ0) is 14.8. The Hall–Kier alpha value is -1.55. The maximum atomic E-state index is 12.0. The summed E-state index contributed by atoms with van der Waals surface area (Å²) in [5.74, 6) is 0. The van der Waals surface area contributed by atoms with E-state index in [4.69, 9.17) is 16.3 Å². The van der Waals surface area contributed by atoms with Crippen molar-refractivity contribution in [1.82, 2.24) is 9.88 Å². The summed E-state index contributed by atoms with van der Waals surface area (Å²) >= 11 is 6.14. The lowest BCUT2D eigenvalue weighted by molar-refractivity contribution is 0.0270. The highest BCUT2D eigenvalue weighted by Gasteiger charge is 2.24. The number of carbonyl (C=O) groups is 1. The SMILES string of the molecule is CC(C)(C)OC(=O)N1CC=C(c2ncccc2Cl)CC1. The van der Waals surface area contributed by atoms with E-state index in [1.54, 1.807) is 11.1 Å². The number of rotatable bonds is 1. The van der Waals surface area contributed by atoms with Gasteiger partial charge in [-0.15, -0.1) is 0 Å². The number of pyridine rings is 1. The molecule has 0 saturated heterocycles. The summed E-state index contributed by atoms with van der Waals surface area (Å²) in [5.41, 5.74) is 1.42. The minimum atomic E-state index is -0.467. The van der Waals surface area contributed by atoms with Crippen molar-refractivity contribution in [2.45, 2.75) is 32.8 Å². The molecule has 2 heterocycles. The van der Waals surface area contributed by atoms with Gasteiger partial charge in [-0.1, -0.05) is 17.7 Å². The minimum Gasteiger partial charge on any atom is -0.444 e. The Morgan fingerprint density at radius 1 is 1.45 bits per heavy atom. The number of carbonyl (C=O) groups excluding carboxylic acids is 1. The highest BCUT2D eigenvalue weighted by Crippen LogP contribution is 2.26. The van der Waals surface area contributed by atoms with Gasteiger partial charge in [0.2, 0.25) is 0 Å². The van der Waals surface area contributed by atoms with Crippen molar-refractivity contribution in [3.63, 3.8) is 0 Å². The van der Waals surface area contributed by atoms with E-state index in [0.29, 0.717) is 18.1 Å². The van der Waals surface area contributed by atoms with Crippen molar-refractivity contribution >= 4 is 23.3 Å². The number of hydrogen-bond donors (Lipinski definition) is 0. The van der Waals surface area contributed by atoms with Gasteiger partial charge in [-0.2, -0.15) is 0 Å². The molecule has 1 aliphatic rings. The molecule has 1 aromatic rings. The molecule has 0 N–H and O–H groups in total. The zero-order valence-corrected chi connectivity index (χ0v) is 12.8. The molecular weight excluding hydrogens is 276 g/mol. The fourth-order valence-electron chi connectivity index (χ4n) is 2.00. The number of hydrogen-bond acceptors (Lipinski definition) is 3. The maximum Gasteiger partial charge on any atom is 0.410 e.